The molecule has 0 unspecified atom stereocenters. The number of nitrogens with one attached hydrogen (secondary N) is 1. The number of nitrogens with zero attached hydrogens (tertiary/aromatic N) is 5. The lowest BCUT2D eigenvalue weighted by Gasteiger charge is -2.22. The Bertz CT molecular complexity index is 810. The third kappa shape index (κ3) is 3.55. The summed E-state index contributed by atoms with van der Waals surface area (Å²) in [6, 6.07) is 1.49. The summed E-state index contributed by atoms with van der Waals surface area (Å²) in [5.41, 5.74) is 1.06. The van der Waals surface area contributed by atoms with Gasteiger partial charge in [-0.25, -0.2) is 4.79 Å². The van der Waals surface area contributed by atoms with Crippen LogP contribution in [-0.4, -0.2) is 50.7 Å². The Hall–Kier alpha value is -2.42. The van der Waals surface area contributed by atoms with E-state index in [0.717, 1.165) is 5.69 Å². The average Bonchev–Trinajstić information content (AvgIpc) is 3.41. The van der Waals surface area contributed by atoms with Crippen molar-refractivity contribution in [3.8, 4) is 0 Å². The molecule has 2 atom stereocenters. The highest BCUT2D eigenvalue weighted by atomic mass is 16.5. The van der Waals surface area contributed by atoms with Crippen molar-refractivity contribution >= 4 is 11.8 Å². The minimum Gasteiger partial charge on any atom is -0.423 e. The molecule has 9 heteroatoms. The van der Waals surface area contributed by atoms with Gasteiger partial charge in [-0.15, -0.1) is 10.2 Å². The van der Waals surface area contributed by atoms with Gasteiger partial charge in [-0.1, -0.05) is 12.8 Å². The van der Waals surface area contributed by atoms with Gasteiger partial charge in [-0.05, 0) is 12.8 Å². The number of likely N-dealkylation sites (tertiary alicyclic amines) is 1. The predicted octanol–water partition coefficient (Wildman–Crippen LogP) is 2.76. The zero-order valence-corrected chi connectivity index (χ0v) is 16.0. The summed E-state index contributed by atoms with van der Waals surface area (Å²) >= 11 is 0. The minimum atomic E-state index is -0.293. The summed E-state index contributed by atoms with van der Waals surface area (Å²) in [6.45, 7) is 2.21. The summed E-state index contributed by atoms with van der Waals surface area (Å²) < 4.78 is 12.8. The van der Waals surface area contributed by atoms with Gasteiger partial charge in [0.1, 0.15) is 11.9 Å². The molecule has 9 nitrogen and oxygen atoms in total. The quantitative estimate of drug-likeness (QED) is 0.884. The molecule has 2 aromatic heterocycles. The van der Waals surface area contributed by atoms with E-state index in [1.165, 1.54) is 25.7 Å². The minimum absolute atomic E-state index is 0.0615. The van der Waals surface area contributed by atoms with Crippen molar-refractivity contribution in [1.29, 1.82) is 0 Å². The fourth-order valence-corrected chi connectivity index (χ4v) is 4.08. The van der Waals surface area contributed by atoms with Crippen LogP contribution in [0.2, 0.25) is 0 Å². The molecule has 3 heterocycles. The molecular weight excluding hydrogens is 348 g/mol. The summed E-state index contributed by atoms with van der Waals surface area (Å²) in [5.74, 6) is 2.13. The van der Waals surface area contributed by atoms with E-state index in [1.807, 2.05) is 13.1 Å². The Kier molecular flexibility index (Phi) is 4.86. The first kappa shape index (κ1) is 18.0. The molecule has 146 valence electrons. The standard InChI is InChI=1S/C18H26N6O3/c1-11-20-21-17(27-11)15-8-13(26-3)10-24(15)18(25)19-16-9-14(22-23(16)2)12-6-4-5-7-12/h9,12-13,15H,4-8,10H2,1-3H3,(H,19,25)/t13-,15+/m0/s1. The average molecular weight is 374 g/mol. The predicted molar refractivity (Wildman–Crippen MR) is 97.3 cm³/mol. The molecule has 2 aliphatic rings. The first-order valence-electron chi connectivity index (χ1n) is 9.49. The zero-order valence-electron chi connectivity index (χ0n) is 16.0. The molecule has 1 saturated heterocycles. The molecule has 27 heavy (non-hydrogen) atoms. The van der Waals surface area contributed by atoms with Crippen molar-refractivity contribution in [3.05, 3.63) is 23.5 Å². The van der Waals surface area contributed by atoms with Crippen LogP contribution in [0.4, 0.5) is 10.6 Å². The number of urea groups is 1. The summed E-state index contributed by atoms with van der Waals surface area (Å²) in [7, 11) is 3.51. The lowest BCUT2D eigenvalue weighted by Crippen LogP contribution is -2.36. The van der Waals surface area contributed by atoms with Crippen LogP contribution in [0.3, 0.4) is 0 Å². The second-order valence-electron chi connectivity index (χ2n) is 7.41. The lowest BCUT2D eigenvalue weighted by molar-refractivity contribution is 0.111. The Morgan fingerprint density at radius 3 is 2.78 bits per heavy atom. The van der Waals surface area contributed by atoms with E-state index in [2.05, 4.69) is 20.6 Å². The number of aromatic nitrogens is 4. The summed E-state index contributed by atoms with van der Waals surface area (Å²) in [6.07, 6.45) is 5.41. The van der Waals surface area contributed by atoms with Gasteiger partial charge in [0.05, 0.1) is 11.8 Å². The monoisotopic (exact) mass is 374 g/mol. The number of methoxy groups -OCH3 is 1. The number of carbonyl (C=O) groups is 1. The Morgan fingerprint density at radius 2 is 2.11 bits per heavy atom. The van der Waals surface area contributed by atoms with Crippen molar-refractivity contribution in [2.75, 3.05) is 19.0 Å². The maximum absolute atomic E-state index is 13.0. The number of amides is 2. The molecule has 2 fully saturated rings. The van der Waals surface area contributed by atoms with Crippen LogP contribution < -0.4 is 5.32 Å². The number of hydrogen-bond acceptors (Lipinski definition) is 6. The van der Waals surface area contributed by atoms with Gasteiger partial charge in [-0.2, -0.15) is 5.10 Å². The molecule has 1 N–H and O–H groups in total. The number of ether oxygens (including phenoxy) is 1. The molecule has 0 aromatic carbocycles. The smallest absolute Gasteiger partial charge is 0.323 e. The van der Waals surface area contributed by atoms with E-state index in [0.29, 0.717) is 36.5 Å². The van der Waals surface area contributed by atoms with Crippen LogP contribution in [-0.2, 0) is 11.8 Å². The molecule has 2 amide bonds. The van der Waals surface area contributed by atoms with Crippen LogP contribution in [0.25, 0.3) is 0 Å². The second-order valence-corrected chi connectivity index (χ2v) is 7.41. The molecule has 1 aliphatic heterocycles. The third-order valence-corrected chi connectivity index (χ3v) is 5.59. The topological polar surface area (TPSA) is 98.3 Å². The molecule has 0 radical (unpaired) electrons. The van der Waals surface area contributed by atoms with E-state index in [1.54, 1.807) is 23.6 Å². The van der Waals surface area contributed by atoms with Crippen molar-refractivity contribution in [2.24, 2.45) is 7.05 Å². The number of aryl methyl sites for hydroxylation is 2. The van der Waals surface area contributed by atoms with E-state index in [-0.39, 0.29) is 18.2 Å². The maximum atomic E-state index is 13.0. The Labute approximate surface area is 158 Å². The van der Waals surface area contributed by atoms with Crippen molar-refractivity contribution < 1.29 is 13.9 Å². The van der Waals surface area contributed by atoms with Gasteiger partial charge >= 0.3 is 6.03 Å². The summed E-state index contributed by atoms with van der Waals surface area (Å²) in [4.78, 5) is 14.7. The fraction of sp³-hybridized carbons (Fsp3) is 0.667. The SMILES string of the molecule is CO[C@H]1C[C@H](c2nnc(C)o2)N(C(=O)Nc2cc(C3CCCC3)nn2C)C1. The highest BCUT2D eigenvalue weighted by molar-refractivity contribution is 5.89. The lowest BCUT2D eigenvalue weighted by atomic mass is 10.0. The number of anilines is 1. The molecule has 0 spiro atoms. The molecule has 2 aromatic rings. The van der Waals surface area contributed by atoms with Gasteiger partial charge in [0.2, 0.25) is 11.8 Å². The van der Waals surface area contributed by atoms with Crippen LogP contribution in [0.1, 0.15) is 61.5 Å². The van der Waals surface area contributed by atoms with Crippen molar-refractivity contribution in [2.45, 2.75) is 57.1 Å². The zero-order chi connectivity index (χ0) is 19.0. The van der Waals surface area contributed by atoms with Crippen LogP contribution in [0.15, 0.2) is 10.5 Å². The molecule has 4 rings (SSSR count). The van der Waals surface area contributed by atoms with Crippen LogP contribution >= 0.6 is 0 Å². The number of carbonyl (C=O) groups excluding carboxylic acids is 1. The fourth-order valence-electron chi connectivity index (χ4n) is 4.08. The molecule has 1 saturated carbocycles. The van der Waals surface area contributed by atoms with Gasteiger partial charge in [0.15, 0.2) is 0 Å². The van der Waals surface area contributed by atoms with Gasteiger partial charge in [-0.3, -0.25) is 10.00 Å². The Morgan fingerprint density at radius 1 is 1.33 bits per heavy atom. The number of rotatable bonds is 4. The van der Waals surface area contributed by atoms with E-state index < -0.39 is 0 Å². The van der Waals surface area contributed by atoms with Crippen molar-refractivity contribution in [1.82, 2.24) is 24.9 Å². The summed E-state index contributed by atoms with van der Waals surface area (Å²) in [5, 5.41) is 15.6. The van der Waals surface area contributed by atoms with E-state index in [9.17, 15) is 4.79 Å². The highest BCUT2D eigenvalue weighted by Gasteiger charge is 2.39. The molecule has 1 aliphatic carbocycles. The van der Waals surface area contributed by atoms with Crippen LogP contribution in [0, 0.1) is 6.92 Å². The first-order valence-corrected chi connectivity index (χ1v) is 9.49. The number of hydrogen-bond donors (Lipinski definition) is 1. The maximum Gasteiger partial charge on any atom is 0.323 e. The van der Waals surface area contributed by atoms with E-state index >= 15 is 0 Å². The van der Waals surface area contributed by atoms with E-state index in [4.69, 9.17) is 9.15 Å². The largest absolute Gasteiger partial charge is 0.423 e. The Balaban J connectivity index is 1.51. The highest BCUT2D eigenvalue weighted by Crippen LogP contribution is 2.35. The molecule has 0 bridgehead atoms. The first-order chi connectivity index (χ1) is 13.0. The molecular formula is C18H26N6O3. The van der Waals surface area contributed by atoms with Gasteiger partial charge in [0.25, 0.3) is 0 Å². The van der Waals surface area contributed by atoms with Gasteiger partial charge < -0.3 is 14.1 Å². The third-order valence-electron chi connectivity index (χ3n) is 5.59. The van der Waals surface area contributed by atoms with Crippen LogP contribution in [0.5, 0.6) is 0 Å². The van der Waals surface area contributed by atoms with Gasteiger partial charge in [0, 0.05) is 46.0 Å². The normalized spacial score (nSPS) is 23.3. The second kappa shape index (κ2) is 7.30. The van der Waals surface area contributed by atoms with Crippen molar-refractivity contribution in [3.63, 3.8) is 0 Å².